The van der Waals surface area contributed by atoms with Crippen LogP contribution in [0.4, 0.5) is 34.1 Å². The fourth-order valence-electron chi connectivity index (χ4n) is 7.22. The maximum atomic E-state index is 6.61. The molecule has 0 N–H and O–H groups in total. The predicted molar refractivity (Wildman–Crippen MR) is 205 cm³/mol. The maximum Gasteiger partial charge on any atom is 0.227 e. The number of fused-ring (bicyclic) bond motifs is 3. The van der Waals surface area contributed by atoms with Crippen LogP contribution in [0.1, 0.15) is 0 Å². The third-order valence-electron chi connectivity index (χ3n) is 9.38. The van der Waals surface area contributed by atoms with Crippen LogP contribution in [0, 0.1) is 0 Å². The molecule has 0 bridgehead atoms. The van der Waals surface area contributed by atoms with Crippen molar-refractivity contribution in [3.8, 4) is 11.5 Å². The van der Waals surface area contributed by atoms with Crippen molar-refractivity contribution in [1.82, 2.24) is 4.98 Å². The summed E-state index contributed by atoms with van der Waals surface area (Å²) in [6.45, 7) is 0. The van der Waals surface area contributed by atoms with E-state index in [-0.39, 0.29) is 0 Å². The number of hydrogen-bond acceptors (Lipinski definition) is 5. The number of rotatable bonds is 7. The van der Waals surface area contributed by atoms with Gasteiger partial charge in [-0.2, -0.15) is 0 Å². The lowest BCUT2D eigenvalue weighted by atomic mass is 9.99. The van der Waals surface area contributed by atoms with Crippen molar-refractivity contribution in [1.29, 1.82) is 0 Å². The van der Waals surface area contributed by atoms with Gasteiger partial charge in [-0.15, -0.1) is 0 Å². The minimum Gasteiger partial charge on any atom is -0.456 e. The van der Waals surface area contributed by atoms with Crippen LogP contribution in [0.5, 0.6) is 0 Å². The number of para-hydroxylation sites is 3. The Morgan fingerprint density at radius 1 is 0.380 bits per heavy atom. The van der Waals surface area contributed by atoms with Gasteiger partial charge in [0, 0.05) is 61.6 Å². The van der Waals surface area contributed by atoms with E-state index in [9.17, 15) is 0 Å². The van der Waals surface area contributed by atoms with E-state index in [1.807, 2.05) is 60.7 Å². The smallest absolute Gasteiger partial charge is 0.227 e. The van der Waals surface area contributed by atoms with Crippen LogP contribution < -0.4 is 9.80 Å². The Balaban J connectivity index is 1.22. The molecule has 2 heterocycles. The third kappa shape index (κ3) is 4.52. The molecule has 0 aliphatic heterocycles. The van der Waals surface area contributed by atoms with E-state index in [0.717, 1.165) is 83.5 Å². The van der Waals surface area contributed by atoms with E-state index in [1.54, 1.807) is 0 Å². The van der Waals surface area contributed by atoms with Crippen LogP contribution in [-0.2, 0) is 0 Å². The highest BCUT2D eigenvalue weighted by atomic mass is 16.3. The number of anilines is 6. The lowest BCUT2D eigenvalue weighted by Crippen LogP contribution is -2.13. The summed E-state index contributed by atoms with van der Waals surface area (Å²) in [5.74, 6) is 0.600. The minimum atomic E-state index is 0.600. The minimum absolute atomic E-state index is 0.600. The summed E-state index contributed by atoms with van der Waals surface area (Å²) in [5, 5.41) is 4.10. The van der Waals surface area contributed by atoms with Crippen molar-refractivity contribution >= 4 is 77.9 Å². The molecule has 0 amide bonds. The van der Waals surface area contributed by atoms with Crippen molar-refractivity contribution in [3.05, 3.63) is 176 Å². The highest BCUT2D eigenvalue weighted by molar-refractivity contribution is 6.32. The first-order valence-corrected chi connectivity index (χ1v) is 16.7. The van der Waals surface area contributed by atoms with Gasteiger partial charge in [-0.3, -0.25) is 0 Å². The molecule has 10 aromatic rings. The Labute approximate surface area is 288 Å². The summed E-state index contributed by atoms with van der Waals surface area (Å²) in [6, 6.07) is 60.7. The quantitative estimate of drug-likeness (QED) is 0.162. The van der Waals surface area contributed by atoms with Gasteiger partial charge in [-0.25, -0.2) is 4.98 Å². The molecule has 0 aliphatic carbocycles. The van der Waals surface area contributed by atoms with Gasteiger partial charge in [-0.1, -0.05) is 91.0 Å². The van der Waals surface area contributed by atoms with E-state index in [1.165, 1.54) is 0 Å². The first-order valence-electron chi connectivity index (χ1n) is 16.7. The summed E-state index contributed by atoms with van der Waals surface area (Å²) in [7, 11) is 0. The molecule has 236 valence electrons. The van der Waals surface area contributed by atoms with Crippen molar-refractivity contribution in [3.63, 3.8) is 0 Å². The molecule has 50 heavy (non-hydrogen) atoms. The molecule has 2 aromatic heterocycles. The van der Waals surface area contributed by atoms with Gasteiger partial charge in [0.05, 0.1) is 5.69 Å². The van der Waals surface area contributed by atoms with E-state index >= 15 is 0 Å². The molecule has 0 unspecified atom stereocenters. The molecule has 0 saturated carbocycles. The first-order chi connectivity index (χ1) is 24.8. The molecule has 5 nitrogen and oxygen atoms in total. The van der Waals surface area contributed by atoms with Crippen LogP contribution in [0.2, 0.25) is 0 Å². The second-order valence-corrected chi connectivity index (χ2v) is 12.4. The van der Waals surface area contributed by atoms with Crippen LogP contribution in [0.25, 0.3) is 55.3 Å². The lowest BCUT2D eigenvalue weighted by Gasteiger charge is -2.29. The van der Waals surface area contributed by atoms with E-state index in [4.69, 9.17) is 13.8 Å². The number of benzene rings is 8. The second-order valence-electron chi connectivity index (χ2n) is 12.4. The van der Waals surface area contributed by atoms with Crippen LogP contribution >= 0.6 is 0 Å². The normalized spacial score (nSPS) is 11.6. The average molecular weight is 644 g/mol. The summed E-state index contributed by atoms with van der Waals surface area (Å²) < 4.78 is 13.2. The molecular weight excluding hydrogens is 615 g/mol. The molecule has 0 aliphatic rings. The highest BCUT2D eigenvalue weighted by Crippen LogP contribution is 2.47. The molecule has 0 radical (unpaired) electrons. The van der Waals surface area contributed by atoms with Crippen molar-refractivity contribution in [2.75, 3.05) is 9.80 Å². The summed E-state index contributed by atoms with van der Waals surface area (Å²) in [5.41, 5.74) is 10.4. The summed E-state index contributed by atoms with van der Waals surface area (Å²) in [6.07, 6.45) is 0. The van der Waals surface area contributed by atoms with E-state index in [0.29, 0.717) is 5.89 Å². The first kappa shape index (κ1) is 28.2. The topological polar surface area (TPSA) is 45.7 Å². The van der Waals surface area contributed by atoms with Crippen molar-refractivity contribution < 1.29 is 8.83 Å². The van der Waals surface area contributed by atoms with Crippen molar-refractivity contribution in [2.24, 2.45) is 0 Å². The van der Waals surface area contributed by atoms with Crippen LogP contribution in [0.15, 0.2) is 185 Å². The molecule has 5 heteroatoms. The fraction of sp³-hybridized carbons (Fsp3) is 0. The largest absolute Gasteiger partial charge is 0.456 e. The Hall–Kier alpha value is -6.85. The molecule has 8 aromatic carbocycles. The van der Waals surface area contributed by atoms with E-state index in [2.05, 4.69) is 125 Å². The molecule has 0 fully saturated rings. The van der Waals surface area contributed by atoms with Gasteiger partial charge in [0.25, 0.3) is 0 Å². The van der Waals surface area contributed by atoms with Gasteiger partial charge >= 0.3 is 0 Å². The number of furan rings is 1. The summed E-state index contributed by atoms with van der Waals surface area (Å²) in [4.78, 5) is 9.70. The standard InChI is InChI=1S/C45H29N3O2/c1-5-15-30(16-6-1)45-46-43-38-28-36(29-40-42(38)41-37(44(43)50-45)25-14-26-39(41)49-40)48(33-21-11-4-12-22-33)35-24-13-23-34(27-35)47(31-17-7-2-8-18-31)32-19-9-3-10-20-32/h1-29H. The van der Waals surface area contributed by atoms with Crippen LogP contribution in [0.3, 0.4) is 0 Å². The fourth-order valence-corrected chi connectivity index (χ4v) is 7.22. The molecule has 0 atom stereocenters. The maximum absolute atomic E-state index is 6.61. The number of aromatic nitrogens is 1. The molecule has 0 spiro atoms. The molecular formula is C45H29N3O2. The molecule has 10 rings (SSSR count). The Kier molecular flexibility index (Phi) is 6.42. The number of oxazole rings is 1. The highest BCUT2D eigenvalue weighted by Gasteiger charge is 2.25. The SMILES string of the molecule is c1ccc(-c2nc3c4cc(N(c5ccccc5)c5cccc(N(c6ccccc6)c6ccccc6)c5)cc5oc6cccc(c3o2)c6c54)cc1. The van der Waals surface area contributed by atoms with E-state index < -0.39 is 0 Å². The van der Waals surface area contributed by atoms with Gasteiger partial charge in [0.1, 0.15) is 16.7 Å². The zero-order valence-electron chi connectivity index (χ0n) is 26.9. The average Bonchev–Trinajstić information content (AvgIpc) is 3.80. The third-order valence-corrected chi connectivity index (χ3v) is 9.38. The van der Waals surface area contributed by atoms with Gasteiger partial charge < -0.3 is 18.6 Å². The predicted octanol–water partition coefficient (Wildman–Crippen LogP) is 12.9. The Morgan fingerprint density at radius 3 is 1.52 bits per heavy atom. The zero-order chi connectivity index (χ0) is 33.0. The zero-order valence-corrected chi connectivity index (χ0v) is 26.9. The lowest BCUT2D eigenvalue weighted by molar-refractivity contribution is 0.623. The monoisotopic (exact) mass is 643 g/mol. The van der Waals surface area contributed by atoms with Gasteiger partial charge in [0.15, 0.2) is 5.58 Å². The van der Waals surface area contributed by atoms with Gasteiger partial charge in [0.2, 0.25) is 5.89 Å². The summed E-state index contributed by atoms with van der Waals surface area (Å²) >= 11 is 0. The Morgan fingerprint density at radius 2 is 0.900 bits per heavy atom. The Bertz CT molecular complexity index is 2720. The second kappa shape index (κ2) is 11.4. The van der Waals surface area contributed by atoms with Gasteiger partial charge in [-0.05, 0) is 78.9 Å². The van der Waals surface area contributed by atoms with Crippen molar-refractivity contribution in [2.45, 2.75) is 0 Å². The van der Waals surface area contributed by atoms with Crippen LogP contribution in [-0.4, -0.2) is 4.98 Å². The molecule has 0 saturated heterocycles. The number of nitrogens with zero attached hydrogens (tertiary/aromatic N) is 3. The number of hydrogen-bond donors (Lipinski definition) is 0.